The van der Waals surface area contributed by atoms with E-state index in [0.717, 1.165) is 19.3 Å². The van der Waals surface area contributed by atoms with E-state index in [0.29, 0.717) is 23.6 Å². The maximum Gasteiger partial charge on any atom is 0.342 e. The first kappa shape index (κ1) is 20.1. The average molecular weight is 379 g/mol. The van der Waals surface area contributed by atoms with Crippen LogP contribution in [0, 0.1) is 11.3 Å². The quantitative estimate of drug-likeness (QED) is 0.731. The van der Waals surface area contributed by atoms with Crippen LogP contribution in [0.3, 0.4) is 0 Å². The Kier molecular flexibility index (Phi) is 6.49. The first-order valence-corrected chi connectivity index (χ1v) is 8.96. The normalized spacial score (nSPS) is 16.9. The van der Waals surface area contributed by atoms with Gasteiger partial charge in [0, 0.05) is 12.1 Å². The van der Waals surface area contributed by atoms with Gasteiger partial charge in [-0.1, -0.05) is 30.9 Å². The second kappa shape index (κ2) is 8.41. The topological polar surface area (TPSA) is 79.6 Å². The number of halogens is 1. The lowest BCUT2D eigenvalue weighted by Crippen LogP contribution is -2.53. The maximum atomic E-state index is 12.7. The fourth-order valence-electron chi connectivity index (χ4n) is 3.26. The Labute approximate surface area is 158 Å². The molecule has 0 saturated heterocycles. The molecule has 140 valence electrons. The van der Waals surface area contributed by atoms with Crippen LogP contribution in [-0.4, -0.2) is 42.6 Å². The number of rotatable bonds is 5. The predicted molar refractivity (Wildman–Crippen MR) is 97.1 cm³/mol. The van der Waals surface area contributed by atoms with Crippen LogP contribution in [0.25, 0.3) is 0 Å². The zero-order chi connectivity index (χ0) is 19.3. The second-order valence-corrected chi connectivity index (χ2v) is 6.93. The third-order valence-corrected chi connectivity index (χ3v) is 5.11. The molecule has 1 amide bonds. The van der Waals surface area contributed by atoms with Crippen molar-refractivity contribution in [2.75, 3.05) is 14.2 Å². The molecule has 0 radical (unpaired) electrons. The Morgan fingerprint density at radius 3 is 2.54 bits per heavy atom. The van der Waals surface area contributed by atoms with Crippen LogP contribution in [0.5, 0.6) is 5.75 Å². The van der Waals surface area contributed by atoms with Crippen LogP contribution in [0.15, 0.2) is 18.2 Å². The molecular formula is C19H23ClN2O4. The lowest BCUT2D eigenvalue weighted by Gasteiger charge is -2.39. The molecule has 0 N–H and O–H groups in total. The number of likely N-dealkylation sites (N-methyl/N-ethyl adjacent to an activating group) is 1. The number of methoxy groups -OCH3 is 1. The van der Waals surface area contributed by atoms with Gasteiger partial charge in [-0.05, 0) is 38.0 Å². The van der Waals surface area contributed by atoms with Gasteiger partial charge >= 0.3 is 5.97 Å². The van der Waals surface area contributed by atoms with Gasteiger partial charge in [0.2, 0.25) is 0 Å². The minimum absolute atomic E-state index is 0.148. The summed E-state index contributed by atoms with van der Waals surface area (Å²) >= 11 is 5.93. The number of esters is 1. The summed E-state index contributed by atoms with van der Waals surface area (Å²) in [6, 6.07) is 6.88. The predicted octanol–water partition coefficient (Wildman–Crippen LogP) is 3.58. The van der Waals surface area contributed by atoms with Crippen LogP contribution in [0.2, 0.25) is 5.02 Å². The molecule has 1 aliphatic rings. The minimum atomic E-state index is -1.02. The molecule has 1 atom stereocenters. The Balaban J connectivity index is 2.12. The number of hydrogen-bond donors (Lipinski definition) is 0. The zero-order valence-corrected chi connectivity index (χ0v) is 16.0. The number of nitrogens with zero attached hydrogens (tertiary/aromatic N) is 2. The molecule has 1 fully saturated rings. The highest BCUT2D eigenvalue weighted by atomic mass is 35.5. The zero-order valence-electron chi connectivity index (χ0n) is 15.3. The highest BCUT2D eigenvalue weighted by Crippen LogP contribution is 2.33. The smallest absolute Gasteiger partial charge is 0.342 e. The fourth-order valence-corrected chi connectivity index (χ4v) is 3.43. The van der Waals surface area contributed by atoms with Gasteiger partial charge in [0.1, 0.15) is 16.9 Å². The van der Waals surface area contributed by atoms with Crippen LogP contribution in [0.4, 0.5) is 0 Å². The van der Waals surface area contributed by atoms with Crippen molar-refractivity contribution in [3.05, 3.63) is 28.8 Å². The molecule has 7 heteroatoms. The largest absolute Gasteiger partial charge is 0.496 e. The van der Waals surface area contributed by atoms with Crippen LogP contribution in [0.1, 0.15) is 49.4 Å². The van der Waals surface area contributed by atoms with E-state index in [-0.39, 0.29) is 5.56 Å². The minimum Gasteiger partial charge on any atom is -0.496 e. The van der Waals surface area contributed by atoms with Crippen molar-refractivity contribution < 1.29 is 19.1 Å². The third kappa shape index (κ3) is 4.10. The summed E-state index contributed by atoms with van der Waals surface area (Å²) in [5, 5.41) is 9.98. The lowest BCUT2D eigenvalue weighted by molar-refractivity contribution is -0.143. The third-order valence-electron chi connectivity index (χ3n) is 4.87. The van der Waals surface area contributed by atoms with E-state index < -0.39 is 23.5 Å². The van der Waals surface area contributed by atoms with Crippen LogP contribution >= 0.6 is 11.6 Å². The molecule has 1 aliphatic carbocycles. The molecule has 0 unspecified atom stereocenters. The molecule has 0 bridgehead atoms. The molecule has 0 aromatic heterocycles. The number of benzene rings is 1. The Bertz CT molecular complexity index is 723. The SMILES string of the molecule is COc1ccc(Cl)cc1C(=O)O[C@@H](C)C(=O)N(C)C1(C#N)CCCCC1. The monoisotopic (exact) mass is 378 g/mol. The van der Waals surface area contributed by atoms with E-state index >= 15 is 0 Å². The Morgan fingerprint density at radius 2 is 1.96 bits per heavy atom. The van der Waals surface area contributed by atoms with Gasteiger partial charge in [-0.15, -0.1) is 0 Å². The van der Waals surface area contributed by atoms with E-state index in [1.807, 2.05) is 0 Å². The highest BCUT2D eigenvalue weighted by Gasteiger charge is 2.40. The fraction of sp³-hybridized carbons (Fsp3) is 0.526. The van der Waals surface area contributed by atoms with Crippen molar-refractivity contribution in [1.82, 2.24) is 4.90 Å². The van der Waals surface area contributed by atoms with Crippen LogP contribution < -0.4 is 4.74 Å². The summed E-state index contributed by atoms with van der Waals surface area (Å²) in [6.07, 6.45) is 3.11. The second-order valence-electron chi connectivity index (χ2n) is 6.49. The molecule has 1 aromatic carbocycles. The summed E-state index contributed by atoms with van der Waals surface area (Å²) in [7, 11) is 3.03. The summed E-state index contributed by atoms with van der Waals surface area (Å²) < 4.78 is 10.5. The molecule has 6 nitrogen and oxygen atoms in total. The number of amides is 1. The summed E-state index contributed by atoms with van der Waals surface area (Å²) in [4.78, 5) is 26.6. The standard InChI is InChI=1S/C19H23ClN2O4/c1-13(17(23)22(2)19(12-21)9-5-4-6-10-19)26-18(24)15-11-14(20)7-8-16(15)25-3/h7-8,11,13H,4-6,9-10H2,1-3H3/t13-/m0/s1. The number of carbonyl (C=O) groups excluding carboxylic acids is 2. The van der Waals surface area contributed by atoms with Gasteiger partial charge in [0.05, 0.1) is 13.2 Å². The number of nitriles is 1. The molecule has 26 heavy (non-hydrogen) atoms. The molecule has 1 aromatic rings. The lowest BCUT2D eigenvalue weighted by atomic mass is 9.81. The van der Waals surface area contributed by atoms with Crippen molar-refractivity contribution in [1.29, 1.82) is 5.26 Å². The van der Waals surface area contributed by atoms with Gasteiger partial charge in [0.15, 0.2) is 6.10 Å². The average Bonchev–Trinajstić information content (AvgIpc) is 2.67. The molecule has 1 saturated carbocycles. The van der Waals surface area contributed by atoms with Gasteiger partial charge in [-0.2, -0.15) is 5.26 Å². The number of carbonyl (C=O) groups is 2. The van der Waals surface area contributed by atoms with E-state index in [2.05, 4.69) is 6.07 Å². The molecule has 2 rings (SSSR count). The van der Waals surface area contributed by atoms with E-state index in [1.165, 1.54) is 25.0 Å². The van der Waals surface area contributed by atoms with Crippen molar-refractivity contribution >= 4 is 23.5 Å². The van der Waals surface area contributed by atoms with Crippen LogP contribution in [-0.2, 0) is 9.53 Å². The molecule has 0 aliphatic heterocycles. The highest BCUT2D eigenvalue weighted by molar-refractivity contribution is 6.31. The number of hydrogen-bond acceptors (Lipinski definition) is 5. The van der Waals surface area contributed by atoms with E-state index in [9.17, 15) is 14.9 Å². The van der Waals surface area contributed by atoms with Crippen molar-refractivity contribution in [3.8, 4) is 11.8 Å². The molecular weight excluding hydrogens is 356 g/mol. The Hall–Kier alpha value is -2.26. The first-order chi connectivity index (χ1) is 12.3. The van der Waals surface area contributed by atoms with E-state index in [1.54, 1.807) is 19.2 Å². The van der Waals surface area contributed by atoms with Gasteiger partial charge in [0.25, 0.3) is 5.91 Å². The van der Waals surface area contributed by atoms with Crippen molar-refractivity contribution in [3.63, 3.8) is 0 Å². The van der Waals surface area contributed by atoms with Gasteiger partial charge in [-0.25, -0.2) is 4.79 Å². The molecule has 0 heterocycles. The van der Waals surface area contributed by atoms with Gasteiger partial charge in [-0.3, -0.25) is 4.79 Å². The Morgan fingerprint density at radius 1 is 1.31 bits per heavy atom. The van der Waals surface area contributed by atoms with E-state index in [4.69, 9.17) is 21.1 Å². The number of ether oxygens (including phenoxy) is 2. The van der Waals surface area contributed by atoms with Gasteiger partial charge < -0.3 is 14.4 Å². The maximum absolute atomic E-state index is 12.7. The summed E-state index contributed by atoms with van der Waals surface area (Å²) in [5.41, 5.74) is -0.682. The van der Waals surface area contributed by atoms with Crippen molar-refractivity contribution in [2.45, 2.75) is 50.7 Å². The molecule has 0 spiro atoms. The first-order valence-electron chi connectivity index (χ1n) is 8.58. The summed E-state index contributed by atoms with van der Waals surface area (Å²) in [6.45, 7) is 1.50. The summed E-state index contributed by atoms with van der Waals surface area (Å²) in [5.74, 6) is -0.788. The van der Waals surface area contributed by atoms with Crippen molar-refractivity contribution in [2.24, 2.45) is 0 Å².